The van der Waals surface area contributed by atoms with Crippen LogP contribution in [0.1, 0.15) is 42.7 Å². The summed E-state index contributed by atoms with van der Waals surface area (Å²) in [5.74, 6) is -0.757. The van der Waals surface area contributed by atoms with Crippen molar-refractivity contribution >= 4 is 15.9 Å². The van der Waals surface area contributed by atoms with Crippen LogP contribution in [0.15, 0.2) is 36.5 Å². The minimum absolute atomic E-state index is 0.0216. The first-order valence-corrected chi connectivity index (χ1v) is 10.7. The molecular formula is C20H24FN3O3S. The fourth-order valence-corrected chi connectivity index (χ4v) is 5.17. The zero-order valence-electron chi connectivity index (χ0n) is 16.1. The minimum atomic E-state index is -3.43. The van der Waals surface area contributed by atoms with Crippen LogP contribution in [0.25, 0.3) is 11.1 Å². The van der Waals surface area contributed by atoms with E-state index in [9.17, 15) is 17.6 Å². The van der Waals surface area contributed by atoms with Gasteiger partial charge in [0.2, 0.25) is 10.0 Å². The van der Waals surface area contributed by atoms with E-state index in [1.165, 1.54) is 23.6 Å². The number of carbonyl (C=O) groups is 1. The summed E-state index contributed by atoms with van der Waals surface area (Å²) in [6, 6.07) is 7.84. The second-order valence-electron chi connectivity index (χ2n) is 7.14. The van der Waals surface area contributed by atoms with Crippen molar-refractivity contribution in [2.45, 2.75) is 44.5 Å². The topological polar surface area (TPSA) is 79.4 Å². The van der Waals surface area contributed by atoms with Crippen molar-refractivity contribution in [3.8, 4) is 11.1 Å². The highest BCUT2D eigenvalue weighted by Crippen LogP contribution is 2.29. The van der Waals surface area contributed by atoms with Gasteiger partial charge in [-0.2, -0.15) is 4.31 Å². The molecule has 3 rings (SSSR count). The molecule has 1 aliphatic rings. The van der Waals surface area contributed by atoms with Crippen molar-refractivity contribution in [2.24, 2.45) is 0 Å². The van der Waals surface area contributed by atoms with Crippen LogP contribution in [0.5, 0.6) is 0 Å². The van der Waals surface area contributed by atoms with Gasteiger partial charge < -0.3 is 5.32 Å². The highest BCUT2D eigenvalue weighted by molar-refractivity contribution is 7.89. The van der Waals surface area contributed by atoms with E-state index in [4.69, 9.17) is 0 Å². The Kier molecular flexibility index (Phi) is 5.81. The number of hydrogen-bond acceptors (Lipinski definition) is 4. The van der Waals surface area contributed by atoms with Crippen LogP contribution in [0.4, 0.5) is 4.39 Å². The number of halogens is 1. The van der Waals surface area contributed by atoms with Gasteiger partial charge in [0.15, 0.2) is 0 Å². The van der Waals surface area contributed by atoms with Gasteiger partial charge in [0.25, 0.3) is 5.91 Å². The van der Waals surface area contributed by atoms with Gasteiger partial charge in [-0.05, 0) is 44.4 Å². The maximum absolute atomic E-state index is 14.7. The molecule has 0 saturated carbocycles. The zero-order chi connectivity index (χ0) is 20.5. The Balaban J connectivity index is 1.84. The molecule has 6 nitrogen and oxygen atoms in total. The molecule has 0 bridgehead atoms. The number of nitrogens with one attached hydrogen (secondary N) is 1. The van der Waals surface area contributed by atoms with E-state index >= 15 is 0 Å². The lowest BCUT2D eigenvalue weighted by atomic mass is 10.0. The molecule has 1 aliphatic heterocycles. The number of carbonyl (C=O) groups excluding carboxylic acids is 1. The normalized spacial score (nSPS) is 22.0. The Hall–Kier alpha value is -2.32. The molecule has 1 aromatic carbocycles. The van der Waals surface area contributed by atoms with Crippen LogP contribution in [0.2, 0.25) is 0 Å². The first-order valence-electron chi connectivity index (χ1n) is 9.21. The van der Waals surface area contributed by atoms with Gasteiger partial charge in [0.1, 0.15) is 11.5 Å². The number of benzene rings is 1. The lowest BCUT2D eigenvalue weighted by Gasteiger charge is -2.36. The number of aromatic nitrogens is 1. The van der Waals surface area contributed by atoms with Gasteiger partial charge >= 0.3 is 0 Å². The van der Waals surface area contributed by atoms with Crippen molar-refractivity contribution in [2.75, 3.05) is 7.05 Å². The van der Waals surface area contributed by atoms with E-state index in [-0.39, 0.29) is 24.2 Å². The van der Waals surface area contributed by atoms with Crippen LogP contribution < -0.4 is 5.32 Å². The monoisotopic (exact) mass is 405 g/mol. The summed E-state index contributed by atoms with van der Waals surface area (Å²) < 4.78 is 41.3. The Morgan fingerprint density at radius 2 is 1.93 bits per heavy atom. The largest absolute Gasteiger partial charge is 0.354 e. The third-order valence-electron chi connectivity index (χ3n) is 5.25. The summed E-state index contributed by atoms with van der Waals surface area (Å²) in [7, 11) is -1.90. The highest BCUT2D eigenvalue weighted by Gasteiger charge is 2.37. The van der Waals surface area contributed by atoms with Crippen LogP contribution in [0, 0.1) is 5.82 Å². The quantitative estimate of drug-likeness (QED) is 0.848. The molecule has 1 unspecified atom stereocenters. The van der Waals surface area contributed by atoms with Crippen molar-refractivity contribution in [1.29, 1.82) is 0 Å². The molecular weight excluding hydrogens is 381 g/mol. The van der Waals surface area contributed by atoms with E-state index in [2.05, 4.69) is 10.3 Å². The first kappa shape index (κ1) is 20.4. The van der Waals surface area contributed by atoms with Gasteiger partial charge in [-0.1, -0.05) is 18.2 Å². The molecule has 2 atom stereocenters. The summed E-state index contributed by atoms with van der Waals surface area (Å²) in [5.41, 5.74) is 1.90. The maximum Gasteiger partial charge on any atom is 0.269 e. The molecule has 0 spiro atoms. The summed E-state index contributed by atoms with van der Waals surface area (Å²) in [6.07, 6.45) is 2.90. The molecule has 1 aromatic heterocycles. The number of rotatable bonds is 4. The standard InChI is InChI=1S/C20H24FN3O3S/c1-13-4-5-14(2)28(26,27)24(13)12-17-7-6-15(10-18(17)21)16-8-9-19(23-11-16)20(25)22-3/h6-11,13-14H,4-5,12H2,1-3H3,(H,22,25)/t13-,14?/m0/s1. The van der Waals surface area contributed by atoms with Crippen LogP contribution in [0.3, 0.4) is 0 Å². The van der Waals surface area contributed by atoms with E-state index < -0.39 is 21.1 Å². The predicted octanol–water partition coefficient (Wildman–Crippen LogP) is 2.95. The smallest absolute Gasteiger partial charge is 0.269 e. The molecule has 28 heavy (non-hydrogen) atoms. The number of sulfonamides is 1. The van der Waals surface area contributed by atoms with Crippen LogP contribution in [-0.4, -0.2) is 42.0 Å². The fraction of sp³-hybridized carbons (Fsp3) is 0.400. The third kappa shape index (κ3) is 3.93. The van der Waals surface area contributed by atoms with Crippen molar-refractivity contribution in [1.82, 2.24) is 14.6 Å². The second-order valence-corrected chi connectivity index (χ2v) is 9.45. The second kappa shape index (κ2) is 7.97. The lowest BCUT2D eigenvalue weighted by molar-refractivity contribution is 0.0958. The minimum Gasteiger partial charge on any atom is -0.354 e. The van der Waals surface area contributed by atoms with E-state index in [0.29, 0.717) is 23.1 Å². The average molecular weight is 405 g/mol. The van der Waals surface area contributed by atoms with E-state index in [0.717, 1.165) is 6.42 Å². The van der Waals surface area contributed by atoms with E-state index in [1.54, 1.807) is 31.2 Å². The number of pyridine rings is 1. The maximum atomic E-state index is 14.7. The molecule has 1 N–H and O–H groups in total. The molecule has 2 heterocycles. The Morgan fingerprint density at radius 1 is 1.21 bits per heavy atom. The molecule has 0 aliphatic carbocycles. The summed E-state index contributed by atoms with van der Waals surface area (Å²) in [6.45, 7) is 3.58. The molecule has 150 valence electrons. The molecule has 1 amide bonds. The molecule has 8 heteroatoms. The Bertz CT molecular complexity index is 977. The highest BCUT2D eigenvalue weighted by atomic mass is 32.2. The van der Waals surface area contributed by atoms with Gasteiger partial charge in [-0.25, -0.2) is 12.8 Å². The zero-order valence-corrected chi connectivity index (χ0v) is 17.0. The van der Waals surface area contributed by atoms with Crippen LogP contribution >= 0.6 is 0 Å². The number of nitrogens with zero attached hydrogens (tertiary/aromatic N) is 2. The molecule has 1 fully saturated rings. The number of hydrogen-bond donors (Lipinski definition) is 1. The van der Waals surface area contributed by atoms with Gasteiger partial charge in [-0.15, -0.1) is 0 Å². The van der Waals surface area contributed by atoms with Gasteiger partial charge in [0, 0.05) is 37.0 Å². The summed E-state index contributed by atoms with van der Waals surface area (Å²) in [4.78, 5) is 15.7. The Labute approximate surface area is 164 Å². The average Bonchev–Trinajstić information content (AvgIpc) is 2.69. The van der Waals surface area contributed by atoms with Crippen molar-refractivity contribution in [3.05, 3.63) is 53.6 Å². The summed E-state index contributed by atoms with van der Waals surface area (Å²) in [5, 5.41) is 2.05. The van der Waals surface area contributed by atoms with Gasteiger partial charge in [-0.3, -0.25) is 9.78 Å². The Morgan fingerprint density at radius 3 is 2.54 bits per heavy atom. The summed E-state index contributed by atoms with van der Waals surface area (Å²) >= 11 is 0. The SMILES string of the molecule is CNC(=O)c1ccc(-c2ccc(CN3[C@@H](C)CCC(C)S3(=O)=O)c(F)c2)cn1. The molecule has 0 radical (unpaired) electrons. The third-order valence-corrected chi connectivity index (χ3v) is 7.65. The molecule has 1 saturated heterocycles. The van der Waals surface area contributed by atoms with E-state index in [1.807, 2.05) is 6.92 Å². The van der Waals surface area contributed by atoms with Crippen LogP contribution in [-0.2, 0) is 16.6 Å². The number of amides is 1. The predicted molar refractivity (Wildman–Crippen MR) is 106 cm³/mol. The van der Waals surface area contributed by atoms with Gasteiger partial charge in [0.05, 0.1) is 5.25 Å². The molecule has 2 aromatic rings. The first-order chi connectivity index (χ1) is 13.2. The van der Waals surface area contributed by atoms with Crippen molar-refractivity contribution in [3.63, 3.8) is 0 Å². The van der Waals surface area contributed by atoms with Crippen molar-refractivity contribution < 1.29 is 17.6 Å². The lowest BCUT2D eigenvalue weighted by Crippen LogP contribution is -2.47. The fourth-order valence-electron chi connectivity index (χ4n) is 3.35.